The van der Waals surface area contributed by atoms with E-state index in [2.05, 4.69) is 68.4 Å². The minimum atomic E-state index is -0.561. The van der Waals surface area contributed by atoms with Gasteiger partial charge in [0.1, 0.15) is 0 Å². The molecule has 4 aliphatic rings. The van der Waals surface area contributed by atoms with Crippen LogP contribution >= 0.6 is 0 Å². The number of rotatable bonds is 21. The van der Waals surface area contributed by atoms with Crippen LogP contribution in [-0.2, 0) is 4.79 Å². The first-order valence-corrected chi connectivity index (χ1v) is 22.3. The summed E-state index contributed by atoms with van der Waals surface area (Å²) in [6.07, 6.45) is 34.6. The lowest BCUT2D eigenvalue weighted by Gasteiger charge is -2.63. The molecule has 8 atom stereocenters. The fourth-order valence-corrected chi connectivity index (χ4v) is 13.1. The molecule has 0 bridgehead atoms. The summed E-state index contributed by atoms with van der Waals surface area (Å²) in [5, 5.41) is 9.72. The highest BCUT2D eigenvalue weighted by Crippen LogP contribution is 2.73. The van der Waals surface area contributed by atoms with Crippen molar-refractivity contribution in [1.29, 1.82) is 0 Å². The molecule has 0 radical (unpaired) electrons. The number of unbranched alkanes of at least 4 members (excludes halogenated alkanes) is 10. The van der Waals surface area contributed by atoms with Crippen molar-refractivity contribution in [2.45, 2.75) is 223 Å². The zero-order chi connectivity index (χ0) is 36.6. The number of carboxylic acids is 1. The van der Waals surface area contributed by atoms with Crippen LogP contribution in [0, 0.1) is 51.2 Å². The zero-order valence-corrected chi connectivity index (χ0v) is 35.0. The van der Waals surface area contributed by atoms with E-state index in [9.17, 15) is 9.90 Å². The molecule has 0 aromatic carbocycles. The molecule has 0 amide bonds. The van der Waals surface area contributed by atoms with E-state index < -0.39 is 5.97 Å². The summed E-state index contributed by atoms with van der Waals surface area (Å²) >= 11 is 0. The smallest absolute Gasteiger partial charge is 0.306 e. The van der Waals surface area contributed by atoms with Crippen molar-refractivity contribution in [3.05, 3.63) is 22.8 Å². The second kappa shape index (κ2) is 18.3. The molecule has 2 nitrogen and oxygen atoms in total. The number of allylic oxidation sites excluding steroid dienone is 4. The molecule has 0 heterocycles. The third-order valence-corrected chi connectivity index (χ3v) is 16.5. The molecule has 2 heteroatoms. The molecule has 4 aliphatic carbocycles. The number of carbonyl (C=O) groups is 1. The van der Waals surface area contributed by atoms with Crippen LogP contribution in [0.25, 0.3) is 0 Å². The molecule has 0 aromatic rings. The number of aliphatic carboxylic acids is 1. The van der Waals surface area contributed by atoms with Crippen molar-refractivity contribution in [3.8, 4) is 0 Å². The van der Waals surface area contributed by atoms with Crippen molar-refractivity contribution >= 4 is 5.97 Å². The van der Waals surface area contributed by atoms with Gasteiger partial charge in [0.25, 0.3) is 0 Å². The first kappa shape index (κ1) is 41.7. The monoisotopic (exact) mass is 693 g/mol. The third-order valence-electron chi connectivity index (χ3n) is 16.5. The van der Waals surface area contributed by atoms with Crippen molar-refractivity contribution in [3.63, 3.8) is 0 Å². The SMILES string of the molecule is CCCCCCCCC(CCCCCCCCC1CC[C@]2(C)C3=C(CCC2C1(C)C)[C@]1(C)CC[C@H]([C@H](C)CCC=C(C)C)[C@@]1(C)CC3)C(=O)O. The second-order valence-corrected chi connectivity index (χ2v) is 20.0. The van der Waals surface area contributed by atoms with Gasteiger partial charge in [-0.25, -0.2) is 0 Å². The van der Waals surface area contributed by atoms with Gasteiger partial charge >= 0.3 is 5.97 Å². The van der Waals surface area contributed by atoms with Crippen LogP contribution < -0.4 is 0 Å². The predicted molar refractivity (Wildman–Crippen MR) is 216 cm³/mol. The van der Waals surface area contributed by atoms with Crippen LogP contribution in [0.15, 0.2) is 22.8 Å². The quantitative estimate of drug-likeness (QED) is 0.0960. The van der Waals surface area contributed by atoms with E-state index in [0.29, 0.717) is 21.7 Å². The standard InChI is InChI=1S/C48H84O2/c1-10-11-12-13-16-19-25-38(44(49)50)26-20-17-14-15-18-21-27-39-30-33-46(7)41-32-35-47(8)40(37(4)24-22-23-36(2)3)31-34-48(47,9)42(41)28-29-43(46)45(39,5)6/h23,37-40,43H,10-22,24-35H2,1-9H3,(H,49,50)/t37-,38?,39?,40-,43?,46-,47-,48+/m1/s1. The Morgan fingerprint density at radius 1 is 0.760 bits per heavy atom. The second-order valence-electron chi connectivity index (χ2n) is 20.0. The summed E-state index contributed by atoms with van der Waals surface area (Å²) in [6, 6.07) is 0. The molecule has 4 rings (SSSR count). The lowest BCUT2D eigenvalue weighted by molar-refractivity contribution is -0.142. The Balaban J connectivity index is 1.24. The van der Waals surface area contributed by atoms with Crippen LogP contribution in [0.5, 0.6) is 0 Å². The Bertz CT molecular complexity index is 1140. The molecule has 50 heavy (non-hydrogen) atoms. The van der Waals surface area contributed by atoms with Gasteiger partial charge < -0.3 is 5.11 Å². The van der Waals surface area contributed by atoms with Gasteiger partial charge in [-0.15, -0.1) is 0 Å². The van der Waals surface area contributed by atoms with Crippen LogP contribution in [0.2, 0.25) is 0 Å². The van der Waals surface area contributed by atoms with Gasteiger partial charge in [0.2, 0.25) is 0 Å². The van der Waals surface area contributed by atoms with Gasteiger partial charge in [-0.3, -0.25) is 4.79 Å². The van der Waals surface area contributed by atoms with Crippen LogP contribution in [0.1, 0.15) is 223 Å². The first-order valence-electron chi connectivity index (χ1n) is 22.3. The van der Waals surface area contributed by atoms with Gasteiger partial charge in [-0.1, -0.05) is 148 Å². The van der Waals surface area contributed by atoms with Crippen molar-refractivity contribution < 1.29 is 9.90 Å². The Labute approximate surface area is 311 Å². The van der Waals surface area contributed by atoms with Crippen LogP contribution in [0.3, 0.4) is 0 Å². The van der Waals surface area contributed by atoms with Gasteiger partial charge in [-0.2, -0.15) is 0 Å². The lowest BCUT2D eigenvalue weighted by atomic mass is 9.42. The highest BCUT2D eigenvalue weighted by molar-refractivity contribution is 5.69. The average molecular weight is 693 g/mol. The summed E-state index contributed by atoms with van der Waals surface area (Å²) in [7, 11) is 0. The van der Waals surface area contributed by atoms with E-state index in [4.69, 9.17) is 0 Å². The Morgan fingerprint density at radius 2 is 1.38 bits per heavy atom. The summed E-state index contributed by atoms with van der Waals surface area (Å²) in [5.41, 5.74) is 7.10. The molecule has 0 aliphatic heterocycles. The van der Waals surface area contributed by atoms with Crippen molar-refractivity contribution in [2.24, 2.45) is 51.2 Å². The Morgan fingerprint density at radius 3 is 2.00 bits per heavy atom. The van der Waals surface area contributed by atoms with E-state index >= 15 is 0 Å². The minimum absolute atomic E-state index is 0.116. The topological polar surface area (TPSA) is 37.3 Å². The maximum atomic E-state index is 11.8. The van der Waals surface area contributed by atoms with E-state index in [-0.39, 0.29) is 5.92 Å². The fourth-order valence-electron chi connectivity index (χ4n) is 13.1. The highest BCUT2D eigenvalue weighted by atomic mass is 16.4. The van der Waals surface area contributed by atoms with Gasteiger partial charge in [0.05, 0.1) is 5.92 Å². The first-order chi connectivity index (χ1) is 23.7. The average Bonchev–Trinajstić information content (AvgIpc) is 3.34. The van der Waals surface area contributed by atoms with Crippen LogP contribution in [-0.4, -0.2) is 11.1 Å². The van der Waals surface area contributed by atoms with Crippen molar-refractivity contribution in [2.75, 3.05) is 0 Å². The van der Waals surface area contributed by atoms with Gasteiger partial charge in [-0.05, 0) is 143 Å². The zero-order valence-electron chi connectivity index (χ0n) is 35.0. The minimum Gasteiger partial charge on any atom is -0.481 e. The summed E-state index contributed by atoms with van der Waals surface area (Å²) < 4.78 is 0. The molecule has 3 unspecified atom stereocenters. The number of fused-ring (bicyclic) bond motifs is 4. The summed E-state index contributed by atoms with van der Waals surface area (Å²) in [5.74, 6) is 2.72. The van der Waals surface area contributed by atoms with Gasteiger partial charge in [0, 0.05) is 0 Å². The normalized spacial score (nSPS) is 32.9. The van der Waals surface area contributed by atoms with Crippen molar-refractivity contribution in [1.82, 2.24) is 0 Å². The predicted octanol–water partition coefficient (Wildman–Crippen LogP) is 15.3. The molecular weight excluding hydrogens is 609 g/mol. The lowest BCUT2D eigenvalue weighted by Crippen LogP contribution is -2.53. The number of carboxylic acid groups (broad SMARTS) is 1. The summed E-state index contributed by atoms with van der Waals surface area (Å²) in [4.78, 5) is 11.8. The fraction of sp³-hybridized carbons (Fsp3) is 0.896. The largest absolute Gasteiger partial charge is 0.481 e. The van der Waals surface area contributed by atoms with E-state index in [0.717, 1.165) is 49.4 Å². The molecule has 0 aromatic heterocycles. The van der Waals surface area contributed by atoms with E-state index in [1.54, 1.807) is 0 Å². The molecule has 0 spiro atoms. The maximum Gasteiger partial charge on any atom is 0.306 e. The molecule has 2 saturated carbocycles. The maximum absolute atomic E-state index is 11.8. The Hall–Kier alpha value is -1.05. The molecule has 2 fully saturated rings. The Kier molecular flexibility index (Phi) is 15.3. The van der Waals surface area contributed by atoms with Crippen LogP contribution in [0.4, 0.5) is 0 Å². The van der Waals surface area contributed by atoms with Gasteiger partial charge in [0.15, 0.2) is 0 Å². The molecule has 0 saturated heterocycles. The highest BCUT2D eigenvalue weighted by Gasteiger charge is 2.63. The van der Waals surface area contributed by atoms with E-state index in [1.165, 1.54) is 140 Å². The summed E-state index contributed by atoms with van der Waals surface area (Å²) in [6.45, 7) is 22.9. The molecular formula is C48H84O2. The van der Waals surface area contributed by atoms with E-state index in [1.807, 2.05) is 11.1 Å². The molecule has 1 N–H and O–H groups in total. The molecule has 288 valence electrons. The third kappa shape index (κ3) is 9.17. The number of hydrogen-bond donors (Lipinski definition) is 1. The number of hydrogen-bond acceptors (Lipinski definition) is 1.